The van der Waals surface area contributed by atoms with E-state index in [2.05, 4.69) is 30.8 Å². The minimum absolute atomic E-state index is 0.0150. The minimum atomic E-state index is -5.11. The predicted octanol–water partition coefficient (Wildman–Crippen LogP) is 2.25. The number of pyridine rings is 2. The van der Waals surface area contributed by atoms with Gasteiger partial charge in [0.05, 0.1) is 5.69 Å². The summed E-state index contributed by atoms with van der Waals surface area (Å²) in [5.74, 6) is -6.56. The molecular weight excluding hydrogens is 439 g/mol. The van der Waals surface area contributed by atoms with Crippen molar-refractivity contribution in [3.05, 3.63) is 54.2 Å². The van der Waals surface area contributed by atoms with E-state index >= 15 is 0 Å². The predicted molar refractivity (Wildman–Crippen MR) is 104 cm³/mol. The fourth-order valence-electron chi connectivity index (χ4n) is 2.32. The number of anilines is 4. The number of rotatable bonds is 7. The van der Waals surface area contributed by atoms with E-state index in [0.29, 0.717) is 0 Å². The number of halogens is 3. The van der Waals surface area contributed by atoms with Crippen LogP contribution in [0.5, 0.6) is 0 Å². The first kappa shape index (κ1) is 18.0. The van der Waals surface area contributed by atoms with E-state index < -0.39 is 50.8 Å². The molecule has 0 aromatic carbocycles. The fraction of sp³-hybridized carbons (Fsp3) is 0.118. The van der Waals surface area contributed by atoms with Crippen LogP contribution in [0.4, 0.5) is 36.3 Å². The molecule has 3 aromatic heterocycles. The highest BCUT2D eigenvalue weighted by Gasteiger charge is 2.30. The largest absolute Gasteiger partial charge is 0.354 e. The second-order valence-corrected chi connectivity index (χ2v) is 7.58. The topological polar surface area (TPSA) is 139 Å². The zero-order chi connectivity index (χ0) is 25.1. The van der Waals surface area contributed by atoms with Crippen molar-refractivity contribution in [1.82, 2.24) is 25.5 Å². The number of carbonyl (C=O) groups is 1. The number of sulfone groups is 1. The van der Waals surface area contributed by atoms with E-state index in [1.165, 1.54) is 12.1 Å². The number of carbonyl (C=O) groups excluding carboxylic acids is 1. The van der Waals surface area contributed by atoms with Gasteiger partial charge >= 0.3 is 5.76 Å². The Morgan fingerprint density at radius 1 is 1.13 bits per heavy atom. The van der Waals surface area contributed by atoms with Crippen LogP contribution in [0.3, 0.4) is 0 Å². The third kappa shape index (κ3) is 4.85. The molecule has 1 amide bonds. The lowest BCUT2D eigenvalue weighted by Crippen LogP contribution is -2.22. The first-order valence-electron chi connectivity index (χ1n) is 9.71. The molecule has 3 rings (SSSR count). The summed E-state index contributed by atoms with van der Waals surface area (Å²) in [4.78, 5) is 18.8. The zero-order valence-corrected chi connectivity index (χ0v) is 16.0. The van der Waals surface area contributed by atoms with Gasteiger partial charge in [-0.2, -0.15) is 13.2 Å². The second kappa shape index (κ2) is 8.91. The standard InChI is InChI=1S/C17H14F3N7O3S/c1-21-16(28)14-9(8-13(26-27-14)25-12-6-2-5-11(18)24-12)23-15-10(4-3-7-22-15)31(29,30)17(19)20/h2-8,17H,1H3,(H,21,28)(H2,22,23,24,25,26)/i1D3. The molecule has 10 nitrogen and oxygen atoms in total. The summed E-state index contributed by atoms with van der Waals surface area (Å²) in [7, 11) is -5.11. The maximum atomic E-state index is 13.4. The third-order valence-corrected chi connectivity index (χ3v) is 5.07. The molecule has 0 aliphatic carbocycles. The van der Waals surface area contributed by atoms with Crippen molar-refractivity contribution in [1.29, 1.82) is 0 Å². The van der Waals surface area contributed by atoms with Crippen LogP contribution < -0.4 is 16.0 Å². The molecule has 0 saturated heterocycles. The molecule has 31 heavy (non-hydrogen) atoms. The van der Waals surface area contributed by atoms with Crippen LogP contribution in [0, 0.1) is 5.95 Å². The Hall–Kier alpha value is -3.81. The Bertz CT molecular complexity index is 1330. The normalized spacial score (nSPS) is 13.1. The number of hydrogen-bond acceptors (Lipinski definition) is 9. The lowest BCUT2D eigenvalue weighted by Gasteiger charge is -2.14. The number of hydrogen-bond donors (Lipinski definition) is 3. The Labute approximate surface area is 178 Å². The SMILES string of the molecule is [2H]C([2H])([2H])NC(=O)c1nnc(Nc2cccc(F)n2)cc1Nc1ncccc1S(=O)(=O)C(F)F. The van der Waals surface area contributed by atoms with Gasteiger partial charge in [0.2, 0.25) is 15.8 Å². The molecule has 0 aliphatic heterocycles. The van der Waals surface area contributed by atoms with Crippen LogP contribution in [0.25, 0.3) is 0 Å². The minimum Gasteiger partial charge on any atom is -0.354 e. The Morgan fingerprint density at radius 3 is 2.65 bits per heavy atom. The number of aromatic nitrogens is 4. The van der Waals surface area contributed by atoms with Crippen molar-refractivity contribution in [3.63, 3.8) is 0 Å². The first-order chi connectivity index (χ1) is 15.9. The van der Waals surface area contributed by atoms with Gasteiger partial charge in [0.1, 0.15) is 16.5 Å². The van der Waals surface area contributed by atoms with Crippen molar-refractivity contribution in [2.45, 2.75) is 10.7 Å². The number of alkyl halides is 2. The molecular formula is C17H14F3N7O3S. The van der Waals surface area contributed by atoms with Crippen LogP contribution >= 0.6 is 0 Å². The van der Waals surface area contributed by atoms with Gasteiger partial charge in [0, 0.05) is 23.4 Å². The van der Waals surface area contributed by atoms with Crippen molar-refractivity contribution < 1.29 is 30.5 Å². The first-order valence-corrected chi connectivity index (χ1v) is 9.75. The van der Waals surface area contributed by atoms with Crippen LogP contribution in [0.15, 0.2) is 47.5 Å². The summed E-state index contributed by atoms with van der Waals surface area (Å²) in [6.45, 7) is -2.91. The molecule has 3 N–H and O–H groups in total. The molecule has 0 radical (unpaired) electrons. The van der Waals surface area contributed by atoms with E-state index in [9.17, 15) is 26.4 Å². The summed E-state index contributed by atoms with van der Waals surface area (Å²) in [6, 6.07) is 6.84. The molecule has 14 heteroatoms. The van der Waals surface area contributed by atoms with Crippen molar-refractivity contribution in [2.75, 3.05) is 17.6 Å². The van der Waals surface area contributed by atoms with E-state index in [1.807, 2.05) is 0 Å². The van der Waals surface area contributed by atoms with Crippen molar-refractivity contribution in [2.24, 2.45) is 0 Å². The van der Waals surface area contributed by atoms with E-state index in [0.717, 1.165) is 30.5 Å². The second-order valence-electron chi connectivity index (χ2n) is 5.70. The van der Waals surface area contributed by atoms with Crippen molar-refractivity contribution >= 4 is 38.9 Å². The number of nitrogens with one attached hydrogen (secondary N) is 3. The van der Waals surface area contributed by atoms with Gasteiger partial charge in [0.15, 0.2) is 11.5 Å². The zero-order valence-electron chi connectivity index (χ0n) is 18.2. The van der Waals surface area contributed by atoms with Crippen molar-refractivity contribution in [3.8, 4) is 0 Å². The van der Waals surface area contributed by atoms with Gasteiger partial charge in [-0.05, 0) is 24.3 Å². The summed E-state index contributed by atoms with van der Waals surface area (Å²) < 4.78 is 85.2. The van der Waals surface area contributed by atoms with E-state index in [-0.39, 0.29) is 17.3 Å². The monoisotopic (exact) mass is 456 g/mol. The lowest BCUT2D eigenvalue weighted by molar-refractivity contribution is 0.0958. The van der Waals surface area contributed by atoms with Gasteiger partial charge in [-0.25, -0.2) is 18.4 Å². The fourth-order valence-corrected chi connectivity index (χ4v) is 3.16. The van der Waals surface area contributed by atoms with Crippen LogP contribution in [0.1, 0.15) is 14.6 Å². The van der Waals surface area contributed by atoms with Crippen LogP contribution in [0.2, 0.25) is 0 Å². The van der Waals surface area contributed by atoms with Gasteiger partial charge < -0.3 is 16.0 Å². The highest BCUT2D eigenvalue weighted by molar-refractivity contribution is 7.91. The average Bonchev–Trinajstić information content (AvgIpc) is 2.73. The average molecular weight is 456 g/mol. The highest BCUT2D eigenvalue weighted by Crippen LogP contribution is 2.29. The van der Waals surface area contributed by atoms with E-state index in [4.69, 9.17) is 4.11 Å². The quantitative estimate of drug-likeness (QED) is 0.457. The summed E-state index contributed by atoms with van der Waals surface area (Å²) in [5.41, 5.74) is -0.972. The highest BCUT2D eigenvalue weighted by atomic mass is 32.2. The van der Waals surface area contributed by atoms with Gasteiger partial charge in [-0.3, -0.25) is 4.79 Å². The molecule has 3 aromatic rings. The molecule has 0 fully saturated rings. The Balaban J connectivity index is 2.07. The molecule has 0 saturated carbocycles. The van der Waals surface area contributed by atoms with Crippen LogP contribution in [-0.2, 0) is 9.84 Å². The Morgan fingerprint density at radius 2 is 1.94 bits per heavy atom. The van der Waals surface area contributed by atoms with Gasteiger partial charge in [-0.1, -0.05) is 6.07 Å². The maximum absolute atomic E-state index is 13.4. The molecule has 162 valence electrons. The molecule has 0 spiro atoms. The summed E-state index contributed by atoms with van der Waals surface area (Å²) >= 11 is 0. The third-order valence-electron chi connectivity index (χ3n) is 3.66. The number of amides is 1. The van der Waals surface area contributed by atoms with Crippen LogP contribution in [-0.4, -0.2) is 47.2 Å². The molecule has 0 unspecified atom stereocenters. The molecule has 0 aliphatic rings. The molecule has 0 atom stereocenters. The maximum Gasteiger partial charge on any atom is 0.341 e. The van der Waals surface area contributed by atoms with E-state index in [1.54, 1.807) is 5.32 Å². The number of nitrogens with zero attached hydrogens (tertiary/aromatic N) is 4. The Kier molecular flexibility index (Phi) is 5.17. The molecule has 3 heterocycles. The lowest BCUT2D eigenvalue weighted by atomic mass is 10.3. The smallest absolute Gasteiger partial charge is 0.341 e. The van der Waals surface area contributed by atoms with Gasteiger partial charge in [-0.15, -0.1) is 10.2 Å². The summed E-state index contributed by atoms with van der Waals surface area (Å²) in [5, 5.41) is 14.0. The summed E-state index contributed by atoms with van der Waals surface area (Å²) in [6.07, 6.45) is 1.10. The molecule has 0 bridgehead atoms. The van der Waals surface area contributed by atoms with Gasteiger partial charge in [0.25, 0.3) is 5.91 Å².